The van der Waals surface area contributed by atoms with Crippen molar-refractivity contribution in [2.24, 2.45) is 0 Å². The number of hydrogen-bond acceptors (Lipinski definition) is 4. The van der Waals surface area contributed by atoms with Crippen LogP contribution in [-0.4, -0.2) is 36.2 Å². The maximum absolute atomic E-state index is 14.9. The van der Waals surface area contributed by atoms with Crippen LogP contribution in [0.5, 0.6) is 0 Å². The molecule has 1 N–H and O–H groups in total. The third-order valence-corrected chi connectivity index (χ3v) is 5.61. The number of ether oxygens (including phenoxy) is 1. The Morgan fingerprint density at radius 3 is 2.67 bits per heavy atom. The average Bonchev–Trinajstić information content (AvgIpc) is 3.19. The van der Waals surface area contributed by atoms with Crippen LogP contribution in [0, 0.1) is 5.82 Å². The number of benzene rings is 2. The lowest BCUT2D eigenvalue weighted by atomic mass is 10.0. The summed E-state index contributed by atoms with van der Waals surface area (Å²) in [5.41, 5.74) is 3.95. The lowest BCUT2D eigenvalue weighted by molar-refractivity contribution is -0.119. The molecule has 1 aromatic heterocycles. The lowest BCUT2D eigenvalue weighted by Crippen LogP contribution is -2.33. The van der Waals surface area contributed by atoms with E-state index in [1.54, 1.807) is 18.3 Å². The van der Waals surface area contributed by atoms with Crippen molar-refractivity contribution >= 4 is 17.7 Å². The van der Waals surface area contributed by atoms with Crippen molar-refractivity contribution in [2.45, 2.75) is 32.3 Å². The number of aryl methyl sites for hydroxylation is 2. The Hall–Kier alpha value is -3.74. The molecule has 7 heteroatoms. The molecule has 1 atom stereocenters. The quantitative estimate of drug-likeness (QED) is 0.551. The van der Waals surface area contributed by atoms with Crippen LogP contribution in [-0.2, 0) is 22.4 Å². The number of nitrogens with one attached hydrogen (secondary N) is 1. The molecular weight excluding hydrogens is 421 g/mol. The summed E-state index contributed by atoms with van der Waals surface area (Å²) in [6, 6.07) is 18.5. The summed E-state index contributed by atoms with van der Waals surface area (Å²) >= 11 is 0. The predicted octanol–water partition coefficient (Wildman–Crippen LogP) is 4.52. The van der Waals surface area contributed by atoms with Gasteiger partial charge in [0.05, 0.1) is 18.8 Å². The SMILES string of the molecule is CC(=O)NC[C@H]1CN(c2ccc(-c3ccc(CCCc4ccccn4)cc3)c(F)c2)C(=O)O1. The van der Waals surface area contributed by atoms with Gasteiger partial charge >= 0.3 is 6.09 Å². The maximum Gasteiger partial charge on any atom is 0.414 e. The minimum atomic E-state index is -0.549. The monoisotopic (exact) mass is 447 g/mol. The summed E-state index contributed by atoms with van der Waals surface area (Å²) in [7, 11) is 0. The normalized spacial score (nSPS) is 15.4. The van der Waals surface area contributed by atoms with Gasteiger partial charge in [-0.25, -0.2) is 9.18 Å². The molecule has 4 rings (SSSR count). The summed E-state index contributed by atoms with van der Waals surface area (Å²) in [4.78, 5) is 29.0. The number of carbonyl (C=O) groups is 2. The van der Waals surface area contributed by atoms with Gasteiger partial charge in [-0.1, -0.05) is 30.3 Å². The first-order valence-corrected chi connectivity index (χ1v) is 11.0. The van der Waals surface area contributed by atoms with Gasteiger partial charge in [0.25, 0.3) is 0 Å². The lowest BCUT2D eigenvalue weighted by Gasteiger charge is -2.14. The molecular formula is C26H26FN3O3. The molecule has 170 valence electrons. The van der Waals surface area contributed by atoms with Crippen molar-refractivity contribution in [3.63, 3.8) is 0 Å². The van der Waals surface area contributed by atoms with Crippen LogP contribution >= 0.6 is 0 Å². The highest BCUT2D eigenvalue weighted by Gasteiger charge is 2.32. The highest BCUT2D eigenvalue weighted by atomic mass is 19.1. The van der Waals surface area contributed by atoms with E-state index in [0.29, 0.717) is 11.3 Å². The summed E-state index contributed by atoms with van der Waals surface area (Å²) in [5, 5.41) is 2.63. The summed E-state index contributed by atoms with van der Waals surface area (Å²) in [6.07, 6.45) is 3.63. The van der Waals surface area contributed by atoms with Gasteiger partial charge in [-0.2, -0.15) is 0 Å². The summed E-state index contributed by atoms with van der Waals surface area (Å²) < 4.78 is 20.2. The minimum Gasteiger partial charge on any atom is -0.442 e. The first-order chi connectivity index (χ1) is 16.0. The van der Waals surface area contributed by atoms with Gasteiger partial charge < -0.3 is 10.1 Å². The van der Waals surface area contributed by atoms with Crippen molar-refractivity contribution in [1.82, 2.24) is 10.3 Å². The highest BCUT2D eigenvalue weighted by Crippen LogP contribution is 2.29. The number of halogens is 1. The molecule has 0 spiro atoms. The van der Waals surface area contributed by atoms with Crippen LogP contribution in [0.1, 0.15) is 24.6 Å². The molecule has 3 aromatic rings. The number of nitrogens with zero attached hydrogens (tertiary/aromatic N) is 2. The van der Waals surface area contributed by atoms with E-state index in [4.69, 9.17) is 4.74 Å². The molecule has 33 heavy (non-hydrogen) atoms. The molecule has 2 amide bonds. The molecule has 6 nitrogen and oxygen atoms in total. The zero-order valence-electron chi connectivity index (χ0n) is 18.5. The van der Waals surface area contributed by atoms with Gasteiger partial charge in [0, 0.05) is 24.4 Å². The number of cyclic esters (lactones) is 1. The Morgan fingerprint density at radius 2 is 1.97 bits per heavy atom. The second-order valence-corrected chi connectivity index (χ2v) is 8.09. The number of rotatable bonds is 8. The zero-order valence-corrected chi connectivity index (χ0v) is 18.5. The molecule has 0 saturated carbocycles. The number of carbonyl (C=O) groups excluding carboxylic acids is 2. The molecule has 2 heterocycles. The van der Waals surface area contributed by atoms with Crippen LogP contribution in [0.25, 0.3) is 11.1 Å². The standard InChI is InChI=1S/C26H26FN3O3/c1-18(31)29-16-23-17-30(26(32)33-23)22-12-13-24(25(27)15-22)20-10-8-19(9-11-20)5-4-7-21-6-2-3-14-28-21/h2-3,6,8-15,23H,4-5,7,16-17H2,1H3,(H,29,31)/t23-/m0/s1. The van der Waals surface area contributed by atoms with Crippen LogP contribution in [0.4, 0.5) is 14.9 Å². The van der Waals surface area contributed by atoms with Crippen molar-refractivity contribution in [3.05, 3.63) is 83.9 Å². The Labute approximate surface area is 192 Å². The molecule has 0 radical (unpaired) electrons. The van der Waals surface area contributed by atoms with E-state index >= 15 is 0 Å². The summed E-state index contributed by atoms with van der Waals surface area (Å²) in [5.74, 6) is -0.604. The molecule has 1 saturated heterocycles. The predicted molar refractivity (Wildman–Crippen MR) is 124 cm³/mol. The Balaban J connectivity index is 1.37. The molecule has 1 fully saturated rings. The van der Waals surface area contributed by atoms with E-state index in [2.05, 4.69) is 10.3 Å². The largest absolute Gasteiger partial charge is 0.442 e. The first-order valence-electron chi connectivity index (χ1n) is 11.0. The van der Waals surface area contributed by atoms with Gasteiger partial charge in [-0.3, -0.25) is 14.7 Å². The number of hydrogen-bond donors (Lipinski definition) is 1. The third-order valence-electron chi connectivity index (χ3n) is 5.61. The summed E-state index contributed by atoms with van der Waals surface area (Å²) in [6.45, 7) is 1.88. The van der Waals surface area contributed by atoms with Gasteiger partial charge in [0.15, 0.2) is 0 Å². The van der Waals surface area contributed by atoms with Gasteiger partial charge in [-0.05, 0) is 60.7 Å². The van der Waals surface area contributed by atoms with Crippen LogP contribution < -0.4 is 10.2 Å². The smallest absolute Gasteiger partial charge is 0.414 e. The minimum absolute atomic E-state index is 0.195. The second kappa shape index (κ2) is 10.3. The second-order valence-electron chi connectivity index (χ2n) is 8.09. The number of anilines is 1. The number of amides is 2. The fraction of sp³-hybridized carbons (Fsp3) is 0.269. The van der Waals surface area contributed by atoms with Gasteiger partial charge in [-0.15, -0.1) is 0 Å². The molecule has 1 aliphatic rings. The third kappa shape index (κ3) is 5.74. The average molecular weight is 448 g/mol. The van der Waals surface area contributed by atoms with Crippen LogP contribution in [0.15, 0.2) is 66.9 Å². The maximum atomic E-state index is 14.9. The Morgan fingerprint density at radius 1 is 1.15 bits per heavy atom. The van der Waals surface area contributed by atoms with E-state index in [-0.39, 0.29) is 19.0 Å². The van der Waals surface area contributed by atoms with Crippen molar-refractivity contribution in [3.8, 4) is 11.1 Å². The molecule has 0 bridgehead atoms. The van der Waals surface area contributed by atoms with Crippen molar-refractivity contribution in [1.29, 1.82) is 0 Å². The highest BCUT2D eigenvalue weighted by molar-refractivity contribution is 5.90. The zero-order chi connectivity index (χ0) is 23.2. The molecule has 0 unspecified atom stereocenters. The van der Waals surface area contributed by atoms with E-state index < -0.39 is 18.0 Å². The van der Waals surface area contributed by atoms with Crippen molar-refractivity contribution in [2.75, 3.05) is 18.0 Å². The van der Waals surface area contributed by atoms with E-state index in [1.165, 1.54) is 23.5 Å². The van der Waals surface area contributed by atoms with Gasteiger partial charge in [0.2, 0.25) is 5.91 Å². The fourth-order valence-corrected chi connectivity index (χ4v) is 3.87. The number of aromatic nitrogens is 1. The van der Waals surface area contributed by atoms with E-state index in [9.17, 15) is 14.0 Å². The van der Waals surface area contributed by atoms with Crippen LogP contribution in [0.2, 0.25) is 0 Å². The van der Waals surface area contributed by atoms with Gasteiger partial charge in [0.1, 0.15) is 11.9 Å². The Bertz CT molecular complexity index is 1120. The fourth-order valence-electron chi connectivity index (χ4n) is 3.87. The number of pyridine rings is 1. The van der Waals surface area contributed by atoms with Crippen LogP contribution in [0.3, 0.4) is 0 Å². The Kier molecular flexibility index (Phi) is 6.98. The molecule has 0 aliphatic carbocycles. The topological polar surface area (TPSA) is 71.5 Å². The first kappa shape index (κ1) is 22.5. The van der Waals surface area contributed by atoms with Crippen molar-refractivity contribution < 1.29 is 18.7 Å². The van der Waals surface area contributed by atoms with E-state index in [1.807, 2.05) is 42.5 Å². The molecule has 2 aromatic carbocycles. The van der Waals surface area contributed by atoms with E-state index in [0.717, 1.165) is 30.5 Å². The molecule has 1 aliphatic heterocycles.